The van der Waals surface area contributed by atoms with Crippen LogP contribution in [0.5, 0.6) is 0 Å². The molecule has 0 aliphatic carbocycles. The molecule has 0 unspecified atom stereocenters. The number of rotatable bonds is 2. The first kappa shape index (κ1) is 19.9. The molecule has 0 aliphatic heterocycles. The molecular formula is C21H16F3N3O2. The molecule has 29 heavy (non-hydrogen) atoms. The van der Waals surface area contributed by atoms with Crippen LogP contribution in [0.2, 0.25) is 0 Å². The second-order valence-corrected chi connectivity index (χ2v) is 6.08. The Kier molecular flexibility index (Phi) is 5.54. The molecule has 0 bridgehead atoms. The number of nitrogen functional groups attached to an aromatic ring is 1. The van der Waals surface area contributed by atoms with E-state index in [1.54, 1.807) is 0 Å². The van der Waals surface area contributed by atoms with Gasteiger partial charge in [-0.25, -0.2) is 9.78 Å². The van der Waals surface area contributed by atoms with Gasteiger partial charge in [0, 0.05) is 17.4 Å². The van der Waals surface area contributed by atoms with Gasteiger partial charge in [0.05, 0.1) is 11.9 Å². The maximum atomic E-state index is 10.6. The molecule has 0 spiro atoms. The Hall–Kier alpha value is -3.81. The van der Waals surface area contributed by atoms with Gasteiger partial charge in [0.15, 0.2) is 0 Å². The molecule has 2 aromatic heterocycles. The van der Waals surface area contributed by atoms with Crippen LogP contribution in [0.15, 0.2) is 79.1 Å². The van der Waals surface area contributed by atoms with Gasteiger partial charge in [-0.05, 0) is 35.4 Å². The van der Waals surface area contributed by atoms with Gasteiger partial charge in [-0.15, -0.1) is 0 Å². The average Bonchev–Trinajstić information content (AvgIpc) is 3.12. The summed E-state index contributed by atoms with van der Waals surface area (Å²) in [6.45, 7) is 0. The summed E-state index contributed by atoms with van der Waals surface area (Å²) >= 11 is 0. The number of carboxylic acid groups (broad SMARTS) is 1. The standard InChI is InChI=1S/C19H15N3.C2HF3O2/c20-17-8-6-14(7-9-17)16-10-11-22-18(13-21-19(22)12-16)15-4-2-1-3-5-15;3-2(4,5)1(6)7/h1-13H,20H2;(H,6,7). The first-order valence-corrected chi connectivity index (χ1v) is 8.44. The minimum atomic E-state index is -5.08. The van der Waals surface area contributed by atoms with Crippen LogP contribution in [0.25, 0.3) is 28.0 Å². The van der Waals surface area contributed by atoms with E-state index >= 15 is 0 Å². The zero-order valence-electron chi connectivity index (χ0n) is 15.0. The van der Waals surface area contributed by atoms with E-state index in [4.69, 9.17) is 15.6 Å². The van der Waals surface area contributed by atoms with Crippen LogP contribution < -0.4 is 5.73 Å². The molecule has 2 aromatic carbocycles. The first-order chi connectivity index (χ1) is 13.8. The zero-order chi connectivity index (χ0) is 21.0. The number of imidazole rings is 1. The molecule has 0 amide bonds. The molecule has 0 atom stereocenters. The summed E-state index contributed by atoms with van der Waals surface area (Å²) in [6, 6.07) is 22.4. The van der Waals surface area contributed by atoms with Crippen LogP contribution in [0, 0.1) is 0 Å². The van der Waals surface area contributed by atoms with E-state index in [9.17, 15) is 13.2 Å². The van der Waals surface area contributed by atoms with Crippen molar-refractivity contribution in [1.82, 2.24) is 9.38 Å². The number of carbonyl (C=O) groups is 1. The summed E-state index contributed by atoms with van der Waals surface area (Å²) in [5, 5.41) is 7.12. The highest BCUT2D eigenvalue weighted by molar-refractivity contribution is 5.73. The number of fused-ring (bicyclic) bond motifs is 1. The second-order valence-electron chi connectivity index (χ2n) is 6.08. The van der Waals surface area contributed by atoms with E-state index in [1.165, 1.54) is 0 Å². The number of hydrogen-bond donors (Lipinski definition) is 2. The summed E-state index contributed by atoms with van der Waals surface area (Å²) in [7, 11) is 0. The third-order valence-corrected chi connectivity index (χ3v) is 4.07. The summed E-state index contributed by atoms with van der Waals surface area (Å²) in [5.41, 5.74) is 12.0. The highest BCUT2D eigenvalue weighted by Crippen LogP contribution is 2.25. The van der Waals surface area contributed by atoms with Crippen molar-refractivity contribution in [3.05, 3.63) is 79.1 Å². The molecule has 3 N–H and O–H groups in total. The number of halogens is 3. The lowest BCUT2D eigenvalue weighted by molar-refractivity contribution is -0.192. The average molecular weight is 399 g/mol. The first-order valence-electron chi connectivity index (χ1n) is 8.44. The lowest BCUT2D eigenvalue weighted by atomic mass is 10.1. The fourth-order valence-corrected chi connectivity index (χ4v) is 2.66. The Balaban J connectivity index is 0.000000298. The van der Waals surface area contributed by atoms with E-state index in [2.05, 4.69) is 39.8 Å². The molecule has 0 saturated carbocycles. The number of carboxylic acids is 1. The normalized spacial score (nSPS) is 11.0. The Morgan fingerprint density at radius 3 is 2.14 bits per heavy atom. The van der Waals surface area contributed by atoms with E-state index in [0.717, 1.165) is 33.7 Å². The molecule has 148 valence electrons. The molecule has 0 aliphatic rings. The van der Waals surface area contributed by atoms with Gasteiger partial charge in [0.1, 0.15) is 5.65 Å². The van der Waals surface area contributed by atoms with Crippen molar-refractivity contribution in [2.75, 3.05) is 5.73 Å². The molecule has 5 nitrogen and oxygen atoms in total. The Morgan fingerprint density at radius 2 is 1.55 bits per heavy atom. The molecule has 4 aromatic rings. The van der Waals surface area contributed by atoms with Crippen molar-refractivity contribution in [2.45, 2.75) is 6.18 Å². The number of nitrogens with zero attached hydrogens (tertiary/aromatic N) is 2. The van der Waals surface area contributed by atoms with Gasteiger partial charge in [0.25, 0.3) is 0 Å². The number of pyridine rings is 1. The number of anilines is 1. The predicted molar refractivity (Wildman–Crippen MR) is 104 cm³/mol. The topological polar surface area (TPSA) is 80.6 Å². The van der Waals surface area contributed by atoms with Crippen molar-refractivity contribution in [3.63, 3.8) is 0 Å². The molecule has 0 fully saturated rings. The summed E-state index contributed by atoms with van der Waals surface area (Å²) < 4.78 is 33.8. The second kappa shape index (κ2) is 8.05. The maximum Gasteiger partial charge on any atom is 0.490 e. The van der Waals surface area contributed by atoms with Crippen LogP contribution in [0.4, 0.5) is 18.9 Å². The third-order valence-electron chi connectivity index (χ3n) is 4.07. The van der Waals surface area contributed by atoms with E-state index < -0.39 is 12.1 Å². The van der Waals surface area contributed by atoms with E-state index in [-0.39, 0.29) is 0 Å². The summed E-state index contributed by atoms with van der Waals surface area (Å²) in [6.07, 6.45) is -1.10. The lowest BCUT2D eigenvalue weighted by Gasteiger charge is -2.05. The summed E-state index contributed by atoms with van der Waals surface area (Å²) in [4.78, 5) is 13.4. The van der Waals surface area contributed by atoms with Gasteiger partial charge in [-0.3, -0.25) is 4.40 Å². The third kappa shape index (κ3) is 4.73. The fourth-order valence-electron chi connectivity index (χ4n) is 2.66. The minimum absolute atomic E-state index is 0.775. The number of benzene rings is 2. The molecule has 4 rings (SSSR count). The van der Waals surface area contributed by atoms with Crippen molar-refractivity contribution in [3.8, 4) is 22.4 Å². The molecule has 8 heteroatoms. The quantitative estimate of drug-likeness (QED) is 0.471. The zero-order valence-corrected chi connectivity index (χ0v) is 15.0. The number of alkyl halides is 3. The van der Waals surface area contributed by atoms with Crippen molar-refractivity contribution in [1.29, 1.82) is 0 Å². The monoisotopic (exact) mass is 399 g/mol. The lowest BCUT2D eigenvalue weighted by Crippen LogP contribution is -2.21. The van der Waals surface area contributed by atoms with Crippen molar-refractivity contribution >= 4 is 17.3 Å². The minimum Gasteiger partial charge on any atom is -0.475 e. The fraction of sp³-hybridized carbons (Fsp3) is 0.0476. The molecular weight excluding hydrogens is 383 g/mol. The van der Waals surface area contributed by atoms with Crippen LogP contribution in [-0.2, 0) is 4.79 Å². The maximum absolute atomic E-state index is 10.6. The van der Waals surface area contributed by atoms with Crippen LogP contribution >= 0.6 is 0 Å². The number of aliphatic carboxylic acids is 1. The summed E-state index contributed by atoms with van der Waals surface area (Å²) in [5.74, 6) is -2.76. The van der Waals surface area contributed by atoms with Crippen LogP contribution in [0.1, 0.15) is 0 Å². The number of aromatic nitrogens is 2. The highest BCUT2D eigenvalue weighted by atomic mass is 19.4. The van der Waals surface area contributed by atoms with Crippen LogP contribution in [0.3, 0.4) is 0 Å². The molecule has 0 radical (unpaired) electrons. The Labute approximate surface area is 163 Å². The van der Waals surface area contributed by atoms with Gasteiger partial charge in [-0.2, -0.15) is 13.2 Å². The predicted octanol–water partition coefficient (Wildman–Crippen LogP) is 4.88. The number of hydrogen-bond acceptors (Lipinski definition) is 3. The van der Waals surface area contributed by atoms with Crippen molar-refractivity contribution in [2.24, 2.45) is 0 Å². The molecule has 0 saturated heterocycles. The Morgan fingerprint density at radius 1 is 0.931 bits per heavy atom. The van der Waals surface area contributed by atoms with Gasteiger partial charge >= 0.3 is 12.1 Å². The number of nitrogens with two attached hydrogens (primary N) is 1. The van der Waals surface area contributed by atoms with Gasteiger partial charge in [0.2, 0.25) is 0 Å². The van der Waals surface area contributed by atoms with E-state index in [0.29, 0.717) is 0 Å². The van der Waals surface area contributed by atoms with Crippen LogP contribution in [-0.4, -0.2) is 26.6 Å². The van der Waals surface area contributed by atoms with E-state index in [1.807, 2.05) is 48.7 Å². The van der Waals surface area contributed by atoms with Crippen molar-refractivity contribution < 1.29 is 23.1 Å². The largest absolute Gasteiger partial charge is 0.490 e. The van der Waals surface area contributed by atoms with Gasteiger partial charge < -0.3 is 10.8 Å². The smallest absolute Gasteiger partial charge is 0.475 e. The SMILES string of the molecule is Nc1ccc(-c2ccn3c(-c4ccccc4)cnc3c2)cc1.O=C(O)C(F)(F)F. The molecule has 2 heterocycles. The Bertz CT molecular complexity index is 1120. The highest BCUT2D eigenvalue weighted by Gasteiger charge is 2.38. The van der Waals surface area contributed by atoms with Gasteiger partial charge in [-0.1, -0.05) is 42.5 Å².